The first-order chi connectivity index (χ1) is 11.8. The zero-order chi connectivity index (χ0) is 18.2. The molecule has 2 heterocycles. The van der Waals surface area contributed by atoms with Gasteiger partial charge in [-0.25, -0.2) is 0 Å². The largest absolute Gasteiger partial charge is 0.452 e. The van der Waals surface area contributed by atoms with Gasteiger partial charge in [0, 0.05) is 18.7 Å². The molecule has 2 N–H and O–H groups in total. The van der Waals surface area contributed by atoms with Crippen LogP contribution in [0.4, 0.5) is 0 Å². The number of ether oxygens (including phenoxy) is 1. The monoisotopic (exact) mass is 365 g/mol. The van der Waals surface area contributed by atoms with Crippen molar-refractivity contribution in [3.8, 4) is 0 Å². The number of hydrogen-bond donors (Lipinski definition) is 1. The molecule has 0 spiro atoms. The van der Waals surface area contributed by atoms with E-state index in [2.05, 4.69) is 4.40 Å². The molecule has 9 heteroatoms. The number of likely N-dealkylation sites (tertiary alicyclic amines) is 1. The quantitative estimate of drug-likeness (QED) is 0.768. The van der Waals surface area contributed by atoms with Crippen LogP contribution >= 0.6 is 0 Å². The number of rotatable bonds is 3. The first kappa shape index (κ1) is 17.4. The Morgan fingerprint density at radius 2 is 1.92 bits per heavy atom. The average molecular weight is 365 g/mol. The van der Waals surface area contributed by atoms with E-state index in [0.717, 1.165) is 0 Å². The molecule has 1 aromatic rings. The molecular weight excluding hydrogens is 346 g/mol. The molecule has 0 radical (unpaired) electrons. The van der Waals surface area contributed by atoms with E-state index in [-0.39, 0.29) is 10.8 Å². The highest BCUT2D eigenvalue weighted by molar-refractivity contribution is 7.90. The van der Waals surface area contributed by atoms with Gasteiger partial charge in [0.2, 0.25) is 0 Å². The lowest BCUT2D eigenvalue weighted by Crippen LogP contribution is -2.42. The lowest BCUT2D eigenvalue weighted by Gasteiger charge is -2.32. The number of sulfonamides is 1. The average Bonchev–Trinajstić information content (AvgIpc) is 2.87. The maximum Gasteiger partial charge on any atom is 0.309 e. The van der Waals surface area contributed by atoms with Gasteiger partial charge in [-0.05, 0) is 31.9 Å². The third-order valence-corrected chi connectivity index (χ3v) is 5.76. The van der Waals surface area contributed by atoms with E-state index >= 15 is 0 Å². The van der Waals surface area contributed by atoms with Crippen LogP contribution < -0.4 is 5.73 Å². The first-order valence-electron chi connectivity index (χ1n) is 7.98. The summed E-state index contributed by atoms with van der Waals surface area (Å²) in [7, 11) is -3.66. The van der Waals surface area contributed by atoms with Gasteiger partial charge in [0.1, 0.15) is 4.90 Å². The third-order valence-electron chi connectivity index (χ3n) is 4.43. The van der Waals surface area contributed by atoms with Crippen molar-refractivity contribution < 1.29 is 22.7 Å². The van der Waals surface area contributed by atoms with Crippen LogP contribution in [-0.4, -0.2) is 50.2 Å². The smallest absolute Gasteiger partial charge is 0.309 e. The Morgan fingerprint density at radius 3 is 2.56 bits per heavy atom. The highest BCUT2D eigenvalue weighted by Crippen LogP contribution is 2.29. The van der Waals surface area contributed by atoms with Crippen molar-refractivity contribution >= 4 is 27.7 Å². The predicted molar refractivity (Wildman–Crippen MR) is 89.2 cm³/mol. The van der Waals surface area contributed by atoms with Gasteiger partial charge in [-0.15, -0.1) is 4.40 Å². The summed E-state index contributed by atoms with van der Waals surface area (Å²) in [5.74, 6) is -1.06. The number of benzene rings is 1. The fourth-order valence-electron chi connectivity index (χ4n) is 2.97. The van der Waals surface area contributed by atoms with Crippen LogP contribution in [0.3, 0.4) is 0 Å². The Morgan fingerprint density at radius 1 is 1.28 bits per heavy atom. The van der Waals surface area contributed by atoms with Crippen LogP contribution in [0.1, 0.15) is 25.3 Å². The van der Waals surface area contributed by atoms with Gasteiger partial charge in [-0.2, -0.15) is 8.42 Å². The number of nitrogens with two attached hydrogens (primary N) is 1. The van der Waals surface area contributed by atoms with Crippen molar-refractivity contribution in [1.82, 2.24) is 4.90 Å². The van der Waals surface area contributed by atoms with Gasteiger partial charge in [0.05, 0.1) is 5.92 Å². The summed E-state index contributed by atoms with van der Waals surface area (Å²) in [5.41, 5.74) is 5.68. The number of esters is 1. The van der Waals surface area contributed by atoms with Crippen LogP contribution in [0.2, 0.25) is 0 Å². The number of nitrogens with zero attached hydrogens (tertiary/aromatic N) is 2. The lowest BCUT2D eigenvalue weighted by molar-refractivity contribution is -0.159. The SMILES string of the molecule is C[C@H](OC(=O)C1CCN(C2=NS(=O)(=O)c3ccccc32)CC1)C(N)=O. The van der Waals surface area contributed by atoms with Gasteiger partial charge in [-0.1, -0.05) is 12.1 Å². The number of primary amides is 1. The predicted octanol–water partition coefficient (Wildman–Crippen LogP) is 0.265. The molecule has 1 atom stereocenters. The molecule has 3 rings (SSSR count). The zero-order valence-electron chi connectivity index (χ0n) is 13.7. The molecule has 1 amide bonds. The van der Waals surface area contributed by atoms with Gasteiger partial charge in [0.15, 0.2) is 11.9 Å². The van der Waals surface area contributed by atoms with Crippen LogP contribution in [-0.2, 0) is 24.3 Å². The second kappa shape index (κ2) is 6.47. The van der Waals surface area contributed by atoms with E-state index in [1.54, 1.807) is 18.2 Å². The number of amidine groups is 1. The van der Waals surface area contributed by atoms with Crippen molar-refractivity contribution in [2.75, 3.05) is 13.1 Å². The summed E-state index contributed by atoms with van der Waals surface area (Å²) >= 11 is 0. The molecule has 0 aliphatic carbocycles. The zero-order valence-corrected chi connectivity index (χ0v) is 14.5. The normalized spacial score (nSPS) is 20.5. The third kappa shape index (κ3) is 3.37. The fourth-order valence-corrected chi connectivity index (χ4v) is 4.20. The topological polar surface area (TPSA) is 119 Å². The maximum absolute atomic E-state index is 12.1. The van der Waals surface area contributed by atoms with Crippen LogP contribution in [0.15, 0.2) is 33.6 Å². The second-order valence-electron chi connectivity index (χ2n) is 6.13. The summed E-state index contributed by atoms with van der Waals surface area (Å²) in [6.07, 6.45) is 0.0265. The van der Waals surface area contributed by atoms with Gasteiger partial charge in [-0.3, -0.25) is 9.59 Å². The minimum atomic E-state index is -3.66. The standard InChI is InChI=1S/C16H19N3O5S/c1-10(14(17)20)24-16(21)11-6-8-19(9-7-11)15-12-4-2-3-5-13(12)25(22,23)18-15/h2-5,10-11H,6-9H2,1H3,(H2,17,20)/t10-/m0/s1. The summed E-state index contributed by atoms with van der Waals surface area (Å²) in [4.78, 5) is 25.1. The Kier molecular flexibility index (Phi) is 4.51. The molecule has 2 aliphatic heterocycles. The van der Waals surface area contributed by atoms with E-state index in [1.165, 1.54) is 13.0 Å². The Bertz CT molecular complexity index is 841. The number of hydrogen-bond acceptors (Lipinski definition) is 6. The molecular formula is C16H19N3O5S. The van der Waals surface area contributed by atoms with Crippen molar-refractivity contribution in [3.63, 3.8) is 0 Å². The number of carbonyl (C=O) groups excluding carboxylic acids is 2. The van der Waals surface area contributed by atoms with Crippen molar-refractivity contribution in [2.45, 2.75) is 30.8 Å². The summed E-state index contributed by atoms with van der Waals surface area (Å²) in [6, 6.07) is 6.70. The molecule has 1 fully saturated rings. The molecule has 134 valence electrons. The van der Waals surface area contributed by atoms with E-state index in [4.69, 9.17) is 10.5 Å². The van der Waals surface area contributed by atoms with Crippen LogP contribution in [0, 0.1) is 5.92 Å². The summed E-state index contributed by atoms with van der Waals surface area (Å²) in [5, 5.41) is 0. The molecule has 1 aromatic carbocycles. The van der Waals surface area contributed by atoms with Crippen LogP contribution in [0.25, 0.3) is 0 Å². The van der Waals surface area contributed by atoms with Crippen LogP contribution in [0.5, 0.6) is 0 Å². The van der Waals surface area contributed by atoms with Crippen molar-refractivity contribution in [1.29, 1.82) is 0 Å². The molecule has 0 unspecified atom stereocenters. The molecule has 0 aromatic heterocycles. The molecule has 8 nitrogen and oxygen atoms in total. The Balaban J connectivity index is 1.68. The first-order valence-corrected chi connectivity index (χ1v) is 9.43. The van der Waals surface area contributed by atoms with Crippen molar-refractivity contribution in [3.05, 3.63) is 29.8 Å². The Labute approximate surface area is 145 Å². The van der Waals surface area contributed by atoms with Gasteiger partial charge >= 0.3 is 5.97 Å². The lowest BCUT2D eigenvalue weighted by atomic mass is 9.96. The molecule has 0 saturated carbocycles. The molecule has 25 heavy (non-hydrogen) atoms. The van der Waals surface area contributed by atoms with Gasteiger partial charge in [0.25, 0.3) is 15.9 Å². The van der Waals surface area contributed by atoms with E-state index in [9.17, 15) is 18.0 Å². The fraction of sp³-hybridized carbons (Fsp3) is 0.438. The molecule has 0 bridgehead atoms. The molecule has 2 aliphatic rings. The maximum atomic E-state index is 12.1. The van der Waals surface area contributed by atoms with E-state index in [0.29, 0.717) is 37.3 Å². The highest BCUT2D eigenvalue weighted by Gasteiger charge is 2.35. The number of carbonyl (C=O) groups is 2. The van der Waals surface area contributed by atoms with E-state index < -0.39 is 28.0 Å². The minimum absolute atomic E-state index is 0.210. The number of piperidine rings is 1. The van der Waals surface area contributed by atoms with Crippen molar-refractivity contribution in [2.24, 2.45) is 16.0 Å². The molecule has 1 saturated heterocycles. The second-order valence-corrected chi connectivity index (χ2v) is 7.70. The van der Waals surface area contributed by atoms with E-state index in [1.807, 2.05) is 4.90 Å². The summed E-state index contributed by atoms with van der Waals surface area (Å²) < 4.78 is 33.2. The summed E-state index contributed by atoms with van der Waals surface area (Å²) in [6.45, 7) is 2.39. The van der Waals surface area contributed by atoms with Gasteiger partial charge < -0.3 is 15.4 Å². The number of fused-ring (bicyclic) bond motifs is 1. The highest BCUT2D eigenvalue weighted by atomic mass is 32.2. The Hall–Kier alpha value is -2.42. The number of amides is 1. The minimum Gasteiger partial charge on any atom is -0.452 e.